The van der Waals surface area contributed by atoms with E-state index in [1.54, 1.807) is 0 Å². The zero-order chi connectivity index (χ0) is 20.8. The Kier molecular flexibility index (Phi) is 5.76. The highest BCUT2D eigenvalue weighted by atomic mass is 16.5. The van der Waals surface area contributed by atoms with Gasteiger partial charge in [-0.1, -0.05) is 20.8 Å². The largest absolute Gasteiger partial charge is 0.481 e. The van der Waals surface area contributed by atoms with Gasteiger partial charge in [0.25, 0.3) is 6.47 Å². The molecule has 0 saturated heterocycles. The third kappa shape index (κ3) is 3.53. The number of fused-ring (bicyclic) bond motifs is 5. The maximum Gasteiger partial charge on any atom is 0.303 e. The minimum atomic E-state index is -0.652. The topological polar surface area (TPSA) is 63.6 Å². The molecule has 9 atom stereocenters. The van der Waals surface area contributed by atoms with Crippen molar-refractivity contribution in [2.75, 3.05) is 0 Å². The van der Waals surface area contributed by atoms with Crippen LogP contribution in [0.4, 0.5) is 0 Å². The summed E-state index contributed by atoms with van der Waals surface area (Å²) in [5, 5.41) is 9.12. The number of carbonyl (C=O) groups is 2. The molecule has 0 amide bonds. The van der Waals surface area contributed by atoms with Crippen LogP contribution in [0.15, 0.2) is 0 Å². The Morgan fingerprint density at radius 2 is 1.79 bits per heavy atom. The number of hydrogen-bond acceptors (Lipinski definition) is 3. The summed E-state index contributed by atoms with van der Waals surface area (Å²) >= 11 is 0. The zero-order valence-electron chi connectivity index (χ0n) is 18.6. The second kappa shape index (κ2) is 7.89. The number of ether oxygens (including phenoxy) is 1. The summed E-state index contributed by atoms with van der Waals surface area (Å²) in [7, 11) is 0. The number of hydrogen-bond donors (Lipinski definition) is 1. The van der Waals surface area contributed by atoms with Crippen LogP contribution in [0.2, 0.25) is 0 Å². The van der Waals surface area contributed by atoms with Crippen molar-refractivity contribution in [3.63, 3.8) is 0 Å². The van der Waals surface area contributed by atoms with Gasteiger partial charge in [-0.25, -0.2) is 0 Å². The molecular weight excluding hydrogens is 364 g/mol. The van der Waals surface area contributed by atoms with E-state index in [1.165, 1.54) is 44.9 Å². The fraction of sp³-hybridized carbons (Fsp3) is 0.920. The molecule has 0 bridgehead atoms. The second-order valence-corrected chi connectivity index (χ2v) is 11.4. The summed E-state index contributed by atoms with van der Waals surface area (Å²) in [5.41, 5.74) is 0.820. The van der Waals surface area contributed by atoms with Crippen LogP contribution in [-0.2, 0) is 14.3 Å². The van der Waals surface area contributed by atoms with Gasteiger partial charge in [-0.3, -0.25) is 9.59 Å². The third-order valence-electron chi connectivity index (χ3n) is 10.4. The lowest BCUT2D eigenvalue weighted by atomic mass is 9.44. The van der Waals surface area contributed by atoms with Gasteiger partial charge in [-0.2, -0.15) is 0 Å². The number of carboxylic acid groups (broad SMARTS) is 1. The number of aliphatic carboxylic acids is 1. The van der Waals surface area contributed by atoms with E-state index in [-0.39, 0.29) is 6.10 Å². The van der Waals surface area contributed by atoms with Crippen molar-refractivity contribution >= 4 is 12.4 Å². The molecule has 4 fully saturated rings. The maximum atomic E-state index is 11.1. The van der Waals surface area contributed by atoms with Crippen molar-refractivity contribution in [3.8, 4) is 0 Å². The van der Waals surface area contributed by atoms with Gasteiger partial charge >= 0.3 is 5.97 Å². The van der Waals surface area contributed by atoms with Crippen molar-refractivity contribution in [2.45, 2.75) is 97.5 Å². The summed E-state index contributed by atoms with van der Waals surface area (Å²) < 4.78 is 5.36. The van der Waals surface area contributed by atoms with Crippen molar-refractivity contribution in [1.29, 1.82) is 0 Å². The number of carboxylic acids is 1. The molecule has 29 heavy (non-hydrogen) atoms. The molecular formula is C25H40O4. The first-order chi connectivity index (χ1) is 13.8. The van der Waals surface area contributed by atoms with Crippen LogP contribution in [0.5, 0.6) is 0 Å². The van der Waals surface area contributed by atoms with E-state index < -0.39 is 5.97 Å². The number of rotatable bonds is 6. The molecule has 0 unspecified atom stereocenters. The second-order valence-electron chi connectivity index (χ2n) is 11.4. The Labute approximate surface area is 176 Å². The fourth-order valence-electron chi connectivity index (χ4n) is 8.95. The summed E-state index contributed by atoms with van der Waals surface area (Å²) in [6.07, 6.45) is 12.5. The van der Waals surface area contributed by atoms with Crippen LogP contribution in [0.1, 0.15) is 91.4 Å². The van der Waals surface area contributed by atoms with Crippen molar-refractivity contribution in [3.05, 3.63) is 0 Å². The van der Waals surface area contributed by atoms with Crippen molar-refractivity contribution in [2.24, 2.45) is 46.3 Å². The van der Waals surface area contributed by atoms with E-state index in [4.69, 9.17) is 9.84 Å². The monoisotopic (exact) mass is 404 g/mol. The Morgan fingerprint density at radius 3 is 2.52 bits per heavy atom. The van der Waals surface area contributed by atoms with Crippen LogP contribution in [0.3, 0.4) is 0 Å². The quantitative estimate of drug-likeness (QED) is 0.578. The molecule has 4 aliphatic rings. The highest BCUT2D eigenvalue weighted by Gasteiger charge is 2.60. The molecule has 0 aromatic rings. The Hall–Kier alpha value is -1.06. The Morgan fingerprint density at radius 1 is 1.07 bits per heavy atom. The standard InChI is InChI=1S/C25H40O4/c1-16(4-9-23(27)28)20-7-8-21-19-6-5-17-14-18(29-15-26)10-12-24(17,2)22(19)11-13-25(20,21)3/h15-22H,4-14H2,1-3H3,(H,27,28)/t16-,17-,18-,19+,20-,21+,22+,24-,25+/m0/s1. The smallest absolute Gasteiger partial charge is 0.303 e. The van der Waals surface area contributed by atoms with E-state index in [0.717, 1.165) is 37.0 Å². The first kappa shape index (κ1) is 21.2. The van der Waals surface area contributed by atoms with E-state index in [9.17, 15) is 9.59 Å². The van der Waals surface area contributed by atoms with Gasteiger partial charge in [0.05, 0.1) is 0 Å². The maximum absolute atomic E-state index is 11.1. The van der Waals surface area contributed by atoms with Crippen LogP contribution >= 0.6 is 0 Å². The summed E-state index contributed by atoms with van der Waals surface area (Å²) in [6, 6.07) is 0. The molecule has 1 N–H and O–H groups in total. The van der Waals surface area contributed by atoms with Gasteiger partial charge in [-0.15, -0.1) is 0 Å². The molecule has 0 spiro atoms. The lowest BCUT2D eigenvalue weighted by molar-refractivity contribution is -0.151. The molecule has 4 saturated carbocycles. The van der Waals surface area contributed by atoms with Crippen molar-refractivity contribution < 1.29 is 19.4 Å². The molecule has 0 heterocycles. The molecule has 0 aliphatic heterocycles. The minimum absolute atomic E-state index is 0.141. The summed E-state index contributed by atoms with van der Waals surface area (Å²) in [6.45, 7) is 8.05. The fourth-order valence-corrected chi connectivity index (χ4v) is 8.95. The van der Waals surface area contributed by atoms with Gasteiger partial charge in [0.1, 0.15) is 6.10 Å². The third-order valence-corrected chi connectivity index (χ3v) is 10.4. The highest BCUT2D eigenvalue weighted by molar-refractivity contribution is 5.66. The van der Waals surface area contributed by atoms with E-state index in [0.29, 0.717) is 41.5 Å². The first-order valence-corrected chi connectivity index (χ1v) is 12.1. The molecule has 0 aromatic carbocycles. The molecule has 0 aromatic heterocycles. The van der Waals surface area contributed by atoms with Gasteiger partial charge in [0, 0.05) is 6.42 Å². The van der Waals surface area contributed by atoms with E-state index >= 15 is 0 Å². The van der Waals surface area contributed by atoms with Crippen LogP contribution < -0.4 is 0 Å². The van der Waals surface area contributed by atoms with Crippen molar-refractivity contribution in [1.82, 2.24) is 0 Å². The van der Waals surface area contributed by atoms with Crippen LogP contribution in [-0.4, -0.2) is 23.7 Å². The van der Waals surface area contributed by atoms with Gasteiger partial charge in [0.2, 0.25) is 0 Å². The summed E-state index contributed by atoms with van der Waals surface area (Å²) in [5.74, 6) is 3.75. The average molecular weight is 405 g/mol. The summed E-state index contributed by atoms with van der Waals surface area (Å²) in [4.78, 5) is 21.9. The number of carbonyl (C=O) groups excluding carboxylic acids is 1. The average Bonchev–Trinajstić information content (AvgIpc) is 3.04. The SMILES string of the molecule is C[C@@H](CCC(=O)O)[C@@H]1CC[C@@H]2[C@H]3CC[C@H]4C[C@@H](OC=O)CC[C@]4(C)[C@@H]3CC[C@@]21C. The predicted molar refractivity (Wildman–Crippen MR) is 112 cm³/mol. The molecule has 4 aliphatic carbocycles. The van der Waals surface area contributed by atoms with E-state index in [2.05, 4.69) is 20.8 Å². The van der Waals surface area contributed by atoms with Gasteiger partial charge in [-0.05, 0) is 111 Å². The molecule has 4 nitrogen and oxygen atoms in total. The Balaban J connectivity index is 1.48. The van der Waals surface area contributed by atoms with Gasteiger partial charge in [0.15, 0.2) is 0 Å². The minimum Gasteiger partial charge on any atom is -0.481 e. The predicted octanol–water partition coefficient (Wildman–Crippen LogP) is 5.69. The highest BCUT2D eigenvalue weighted by Crippen LogP contribution is 2.68. The lowest BCUT2D eigenvalue weighted by Gasteiger charge is -2.61. The van der Waals surface area contributed by atoms with Crippen LogP contribution in [0.25, 0.3) is 0 Å². The normalized spacial score (nSPS) is 47.4. The first-order valence-electron chi connectivity index (χ1n) is 12.1. The zero-order valence-corrected chi connectivity index (χ0v) is 18.6. The van der Waals surface area contributed by atoms with Gasteiger partial charge < -0.3 is 9.84 Å². The lowest BCUT2D eigenvalue weighted by Crippen LogP contribution is -2.54. The molecule has 0 radical (unpaired) electrons. The Bertz CT molecular complexity index is 632. The van der Waals surface area contributed by atoms with E-state index in [1.807, 2.05) is 0 Å². The van der Waals surface area contributed by atoms with Crippen LogP contribution in [0, 0.1) is 46.3 Å². The molecule has 164 valence electrons. The molecule has 4 heteroatoms. The molecule has 4 rings (SSSR count).